The van der Waals surface area contributed by atoms with E-state index in [9.17, 15) is 14.3 Å². The molecule has 1 fully saturated rings. The second-order valence-electron chi connectivity index (χ2n) is 5.13. The molecule has 1 aromatic rings. The third-order valence-corrected chi connectivity index (χ3v) is 3.86. The Morgan fingerprint density at radius 1 is 1.47 bits per heavy atom. The first-order chi connectivity index (χ1) is 8.99. The summed E-state index contributed by atoms with van der Waals surface area (Å²) in [5.41, 5.74) is -0.119. The predicted octanol–water partition coefficient (Wildman–Crippen LogP) is 1.71. The Morgan fingerprint density at radius 2 is 2.05 bits per heavy atom. The molecule has 104 valence electrons. The van der Waals surface area contributed by atoms with Crippen LogP contribution in [0.15, 0.2) is 24.3 Å². The lowest BCUT2D eigenvalue weighted by Gasteiger charge is -2.34. The fourth-order valence-corrected chi connectivity index (χ4v) is 2.50. The van der Waals surface area contributed by atoms with Crippen LogP contribution in [0.1, 0.15) is 12.8 Å². The largest absolute Gasteiger partial charge is 0.480 e. The molecule has 1 saturated carbocycles. The number of likely N-dealkylation sites (N-methyl/N-ethyl adjacent to an activating group) is 2. The Balaban J connectivity index is 2.17. The Hall–Kier alpha value is -1.62. The quantitative estimate of drug-likeness (QED) is 0.823. The molecule has 0 aromatic heterocycles. The van der Waals surface area contributed by atoms with Gasteiger partial charge in [0.15, 0.2) is 0 Å². The Morgan fingerprint density at radius 3 is 2.47 bits per heavy atom. The van der Waals surface area contributed by atoms with Gasteiger partial charge in [0.05, 0.1) is 0 Å². The highest BCUT2D eigenvalue weighted by molar-refractivity contribution is 5.81. The molecule has 0 aliphatic heterocycles. The maximum Gasteiger partial charge on any atom is 0.326 e. The summed E-state index contributed by atoms with van der Waals surface area (Å²) >= 11 is 0. The van der Waals surface area contributed by atoms with E-state index in [1.54, 1.807) is 19.2 Å². The Bertz CT molecular complexity index is 459. The van der Waals surface area contributed by atoms with Gasteiger partial charge in [-0.2, -0.15) is 0 Å². The number of carbonyl (C=O) groups is 1. The minimum atomic E-state index is -0.927. The number of anilines is 1. The molecule has 1 atom stereocenters. The van der Waals surface area contributed by atoms with Gasteiger partial charge in [-0.3, -0.25) is 4.79 Å². The van der Waals surface area contributed by atoms with E-state index in [0.29, 0.717) is 6.54 Å². The molecule has 1 unspecified atom stereocenters. The van der Waals surface area contributed by atoms with Crippen molar-refractivity contribution in [2.75, 3.05) is 25.5 Å². The number of halogens is 1. The highest BCUT2D eigenvalue weighted by atomic mass is 19.1. The zero-order valence-corrected chi connectivity index (χ0v) is 11.2. The highest BCUT2D eigenvalue weighted by Gasteiger charge is 2.50. The van der Waals surface area contributed by atoms with Gasteiger partial charge in [-0.15, -0.1) is 0 Å². The summed E-state index contributed by atoms with van der Waals surface area (Å²) in [6, 6.07) is 6.07. The minimum absolute atomic E-state index is 0.165. The number of hydrogen-bond acceptors (Lipinski definition) is 3. The zero-order valence-electron chi connectivity index (χ0n) is 11.2. The summed E-state index contributed by atoms with van der Waals surface area (Å²) in [6.45, 7) is 0.356. The molecule has 0 bridgehead atoms. The van der Waals surface area contributed by atoms with Gasteiger partial charge in [-0.25, -0.2) is 4.39 Å². The van der Waals surface area contributed by atoms with Crippen molar-refractivity contribution < 1.29 is 14.3 Å². The van der Waals surface area contributed by atoms with Crippen LogP contribution in [-0.4, -0.2) is 37.3 Å². The number of nitrogens with one attached hydrogen (secondary N) is 1. The highest BCUT2D eigenvalue weighted by Crippen LogP contribution is 2.40. The average Bonchev–Trinajstić information content (AvgIpc) is 3.20. The van der Waals surface area contributed by atoms with E-state index in [-0.39, 0.29) is 11.7 Å². The van der Waals surface area contributed by atoms with Gasteiger partial charge in [-0.05, 0) is 50.1 Å². The minimum Gasteiger partial charge on any atom is -0.480 e. The van der Waals surface area contributed by atoms with Gasteiger partial charge in [0.2, 0.25) is 0 Å². The van der Waals surface area contributed by atoms with E-state index in [2.05, 4.69) is 5.32 Å². The van der Waals surface area contributed by atoms with E-state index in [0.717, 1.165) is 18.5 Å². The van der Waals surface area contributed by atoms with Crippen molar-refractivity contribution in [2.24, 2.45) is 5.92 Å². The normalized spacial score (nSPS) is 17.8. The molecular weight excluding hydrogens is 247 g/mol. The lowest BCUT2D eigenvalue weighted by molar-refractivity contribution is -0.145. The molecule has 2 N–H and O–H groups in total. The number of nitrogens with zero attached hydrogens (tertiary/aromatic N) is 1. The molecule has 0 amide bonds. The Labute approximate surface area is 112 Å². The fraction of sp³-hybridized carbons (Fsp3) is 0.500. The van der Waals surface area contributed by atoms with Crippen LogP contribution in [0.3, 0.4) is 0 Å². The molecule has 19 heavy (non-hydrogen) atoms. The van der Waals surface area contributed by atoms with E-state index < -0.39 is 11.5 Å². The van der Waals surface area contributed by atoms with Crippen LogP contribution >= 0.6 is 0 Å². The van der Waals surface area contributed by atoms with Crippen LogP contribution in [0.2, 0.25) is 0 Å². The topological polar surface area (TPSA) is 52.6 Å². The van der Waals surface area contributed by atoms with Crippen molar-refractivity contribution in [3.8, 4) is 0 Å². The monoisotopic (exact) mass is 266 g/mol. The number of carboxylic acids is 1. The van der Waals surface area contributed by atoms with Crippen LogP contribution in [0.4, 0.5) is 10.1 Å². The van der Waals surface area contributed by atoms with Gasteiger partial charge >= 0.3 is 5.97 Å². The molecule has 1 aromatic carbocycles. The SMILES string of the molecule is CNC(CN(C)c1ccc(F)cc1)(C(=O)O)C1CC1. The third-order valence-electron chi connectivity index (χ3n) is 3.86. The van der Waals surface area contributed by atoms with Crippen molar-refractivity contribution in [1.29, 1.82) is 0 Å². The lowest BCUT2D eigenvalue weighted by Crippen LogP contribution is -2.59. The van der Waals surface area contributed by atoms with E-state index in [1.165, 1.54) is 12.1 Å². The van der Waals surface area contributed by atoms with E-state index in [4.69, 9.17) is 0 Å². The Kier molecular flexibility index (Phi) is 3.75. The van der Waals surface area contributed by atoms with E-state index >= 15 is 0 Å². The van der Waals surface area contributed by atoms with Crippen LogP contribution in [0.5, 0.6) is 0 Å². The lowest BCUT2D eigenvalue weighted by atomic mass is 9.92. The van der Waals surface area contributed by atoms with Crippen molar-refractivity contribution in [2.45, 2.75) is 18.4 Å². The molecule has 1 aliphatic rings. The van der Waals surface area contributed by atoms with Crippen LogP contribution in [-0.2, 0) is 4.79 Å². The standard InChI is InChI=1S/C14H19FN2O2/c1-16-14(13(18)19,10-3-4-10)9-17(2)12-7-5-11(15)6-8-12/h5-8,10,16H,3-4,9H2,1-2H3,(H,18,19). The van der Waals surface area contributed by atoms with Crippen LogP contribution in [0, 0.1) is 11.7 Å². The van der Waals surface area contributed by atoms with Gasteiger partial charge < -0.3 is 15.3 Å². The van der Waals surface area contributed by atoms with Crippen molar-refractivity contribution in [3.05, 3.63) is 30.1 Å². The molecule has 5 heteroatoms. The van der Waals surface area contributed by atoms with Crippen LogP contribution < -0.4 is 10.2 Å². The van der Waals surface area contributed by atoms with Gasteiger partial charge in [0.25, 0.3) is 0 Å². The summed E-state index contributed by atoms with van der Waals surface area (Å²) in [4.78, 5) is 13.5. The number of carboxylic acid groups (broad SMARTS) is 1. The molecule has 0 saturated heterocycles. The van der Waals surface area contributed by atoms with Crippen molar-refractivity contribution in [3.63, 3.8) is 0 Å². The van der Waals surface area contributed by atoms with Gasteiger partial charge in [0, 0.05) is 19.3 Å². The summed E-state index contributed by atoms with van der Waals surface area (Å²) in [5.74, 6) is -0.957. The summed E-state index contributed by atoms with van der Waals surface area (Å²) in [6.07, 6.45) is 1.87. The molecule has 0 heterocycles. The number of hydrogen-bond donors (Lipinski definition) is 2. The number of rotatable bonds is 6. The molecule has 0 radical (unpaired) electrons. The molecule has 2 rings (SSSR count). The zero-order chi connectivity index (χ0) is 14.0. The maximum atomic E-state index is 12.9. The predicted molar refractivity (Wildman–Crippen MR) is 71.8 cm³/mol. The summed E-state index contributed by atoms with van der Waals surface area (Å²) < 4.78 is 12.9. The number of aliphatic carboxylic acids is 1. The molecule has 1 aliphatic carbocycles. The van der Waals surface area contributed by atoms with Gasteiger partial charge in [0.1, 0.15) is 11.4 Å². The first-order valence-electron chi connectivity index (χ1n) is 6.38. The summed E-state index contributed by atoms with van der Waals surface area (Å²) in [5, 5.41) is 12.5. The smallest absolute Gasteiger partial charge is 0.326 e. The average molecular weight is 266 g/mol. The molecular formula is C14H19FN2O2. The maximum absolute atomic E-state index is 12.9. The third kappa shape index (κ3) is 2.71. The van der Waals surface area contributed by atoms with Crippen molar-refractivity contribution >= 4 is 11.7 Å². The second kappa shape index (κ2) is 5.17. The molecule has 4 nitrogen and oxygen atoms in total. The first kappa shape index (κ1) is 13.8. The number of benzene rings is 1. The van der Waals surface area contributed by atoms with Gasteiger partial charge in [-0.1, -0.05) is 0 Å². The first-order valence-corrected chi connectivity index (χ1v) is 6.38. The van der Waals surface area contributed by atoms with E-state index in [1.807, 2.05) is 11.9 Å². The molecule has 0 spiro atoms. The second-order valence-corrected chi connectivity index (χ2v) is 5.13. The van der Waals surface area contributed by atoms with Crippen molar-refractivity contribution in [1.82, 2.24) is 5.32 Å². The summed E-state index contributed by atoms with van der Waals surface area (Å²) in [7, 11) is 3.51. The fourth-order valence-electron chi connectivity index (χ4n) is 2.50. The van der Waals surface area contributed by atoms with Crippen LogP contribution in [0.25, 0.3) is 0 Å².